The van der Waals surface area contributed by atoms with Gasteiger partial charge in [-0.15, -0.1) is 0 Å². The number of imidazole rings is 1. The van der Waals surface area contributed by atoms with Crippen LogP contribution < -0.4 is 4.74 Å². The van der Waals surface area contributed by atoms with Crippen molar-refractivity contribution in [3.05, 3.63) is 95.8 Å². The van der Waals surface area contributed by atoms with E-state index in [0.29, 0.717) is 19.0 Å². The molecule has 4 heteroatoms. The smallest absolute Gasteiger partial charge is 0.173 e. The Hall–Kier alpha value is -3.11. The molecule has 1 N–H and O–H groups in total. The van der Waals surface area contributed by atoms with E-state index in [1.54, 1.807) is 0 Å². The summed E-state index contributed by atoms with van der Waals surface area (Å²) in [6.45, 7) is 5.32. The molecular weight excluding hydrogens is 348 g/mol. The summed E-state index contributed by atoms with van der Waals surface area (Å²) >= 11 is 0. The second-order valence-electron chi connectivity index (χ2n) is 6.71. The summed E-state index contributed by atoms with van der Waals surface area (Å²) in [5.41, 5.74) is 2.01. The lowest BCUT2D eigenvalue weighted by atomic mass is 9.85. The Labute approximate surface area is 165 Å². The molecule has 4 aromatic rings. The molecule has 3 aromatic carbocycles. The Morgan fingerprint density at radius 1 is 0.893 bits per heavy atom. The van der Waals surface area contributed by atoms with Crippen molar-refractivity contribution in [1.29, 1.82) is 0 Å². The molecule has 0 spiro atoms. The van der Waals surface area contributed by atoms with E-state index >= 15 is 0 Å². The van der Waals surface area contributed by atoms with Crippen LogP contribution in [0.25, 0.3) is 11.0 Å². The summed E-state index contributed by atoms with van der Waals surface area (Å²) < 4.78 is 7.74. The van der Waals surface area contributed by atoms with Crippen molar-refractivity contribution in [2.24, 2.45) is 0 Å². The second-order valence-corrected chi connectivity index (χ2v) is 6.71. The van der Waals surface area contributed by atoms with Gasteiger partial charge in [-0.1, -0.05) is 60.7 Å². The molecule has 0 atom stereocenters. The summed E-state index contributed by atoms with van der Waals surface area (Å²) in [6.07, 6.45) is 0. The number of ether oxygens (including phenoxy) is 1. The van der Waals surface area contributed by atoms with Crippen molar-refractivity contribution < 1.29 is 9.84 Å². The van der Waals surface area contributed by atoms with Gasteiger partial charge in [0.15, 0.2) is 11.4 Å². The first-order chi connectivity index (χ1) is 13.7. The lowest BCUT2D eigenvalue weighted by molar-refractivity contribution is 0.112. The van der Waals surface area contributed by atoms with Crippen LogP contribution in [0.4, 0.5) is 0 Å². The maximum atomic E-state index is 12.1. The van der Waals surface area contributed by atoms with Crippen molar-refractivity contribution in [2.45, 2.75) is 26.0 Å². The van der Waals surface area contributed by atoms with Gasteiger partial charge in [0.25, 0.3) is 0 Å². The molecule has 0 amide bonds. The molecule has 0 unspecified atom stereocenters. The molecule has 0 saturated carbocycles. The lowest BCUT2D eigenvalue weighted by Crippen LogP contribution is -2.32. The fourth-order valence-corrected chi connectivity index (χ4v) is 3.74. The zero-order chi connectivity index (χ0) is 19.6. The quantitative estimate of drug-likeness (QED) is 0.532. The van der Waals surface area contributed by atoms with Gasteiger partial charge in [0, 0.05) is 12.6 Å². The van der Waals surface area contributed by atoms with Crippen molar-refractivity contribution in [1.82, 2.24) is 9.55 Å². The molecule has 4 rings (SSSR count). The Bertz CT molecular complexity index is 1030. The molecule has 4 nitrogen and oxygen atoms in total. The van der Waals surface area contributed by atoms with Crippen molar-refractivity contribution >= 4 is 11.0 Å². The molecule has 0 aliphatic rings. The Morgan fingerprint density at radius 3 is 2.04 bits per heavy atom. The van der Waals surface area contributed by atoms with E-state index in [0.717, 1.165) is 27.9 Å². The predicted octanol–water partition coefficient (Wildman–Crippen LogP) is 4.74. The monoisotopic (exact) mass is 372 g/mol. The number of benzene rings is 3. The van der Waals surface area contributed by atoms with Gasteiger partial charge in [-0.25, -0.2) is 4.98 Å². The fourth-order valence-electron chi connectivity index (χ4n) is 3.74. The first-order valence-corrected chi connectivity index (χ1v) is 9.65. The number of nitrogens with zero attached hydrogens (tertiary/aromatic N) is 2. The van der Waals surface area contributed by atoms with Gasteiger partial charge < -0.3 is 14.4 Å². The summed E-state index contributed by atoms with van der Waals surface area (Å²) in [6, 6.07) is 25.3. The maximum Gasteiger partial charge on any atom is 0.173 e. The van der Waals surface area contributed by atoms with E-state index in [1.807, 2.05) is 85.8 Å². The summed E-state index contributed by atoms with van der Waals surface area (Å²) in [5, 5.41) is 12.1. The van der Waals surface area contributed by atoms with Crippen LogP contribution in [0.2, 0.25) is 0 Å². The van der Waals surface area contributed by atoms with Crippen LogP contribution in [-0.2, 0) is 12.1 Å². The van der Waals surface area contributed by atoms with Crippen molar-refractivity contribution in [3.8, 4) is 5.75 Å². The Morgan fingerprint density at radius 2 is 1.50 bits per heavy atom. The van der Waals surface area contributed by atoms with Crippen molar-refractivity contribution in [2.75, 3.05) is 6.61 Å². The fraction of sp³-hybridized carbons (Fsp3) is 0.208. The highest BCUT2D eigenvalue weighted by atomic mass is 16.5. The first-order valence-electron chi connectivity index (χ1n) is 9.65. The van der Waals surface area contributed by atoms with Crippen LogP contribution in [0, 0.1) is 0 Å². The van der Waals surface area contributed by atoms with Crippen LogP contribution in [0.5, 0.6) is 5.75 Å². The highest BCUT2D eigenvalue weighted by Crippen LogP contribution is 2.38. The minimum absolute atomic E-state index is 0.607. The zero-order valence-corrected chi connectivity index (χ0v) is 16.2. The standard InChI is InChI=1S/C24H24N2O2/c1-3-26-22-17-20(28-4-2)15-16-21(22)25-23(26)24(27,18-11-7-5-8-12-18)19-13-9-6-10-14-19/h5-17,27H,3-4H2,1-2H3. The van der Waals surface area contributed by atoms with Gasteiger partial charge >= 0.3 is 0 Å². The molecule has 1 heterocycles. The number of aromatic nitrogens is 2. The second kappa shape index (κ2) is 7.49. The topological polar surface area (TPSA) is 47.3 Å². The van der Waals surface area contributed by atoms with Gasteiger partial charge in [-0.05, 0) is 37.1 Å². The Kier molecular flexibility index (Phi) is 4.88. The first kappa shape index (κ1) is 18.3. The third-order valence-corrected chi connectivity index (χ3v) is 5.05. The van der Waals surface area contributed by atoms with E-state index in [4.69, 9.17) is 9.72 Å². The number of aliphatic hydroxyl groups is 1. The summed E-state index contributed by atoms with van der Waals surface area (Å²) in [7, 11) is 0. The largest absolute Gasteiger partial charge is 0.494 e. The van der Waals surface area contributed by atoms with Crippen molar-refractivity contribution in [3.63, 3.8) is 0 Å². The zero-order valence-electron chi connectivity index (χ0n) is 16.2. The third kappa shape index (κ3) is 2.96. The molecule has 0 radical (unpaired) electrons. The van der Waals surface area contributed by atoms with Crippen LogP contribution in [-0.4, -0.2) is 21.3 Å². The number of aryl methyl sites for hydroxylation is 1. The molecular formula is C24H24N2O2. The molecule has 0 aliphatic heterocycles. The Balaban J connectivity index is 2.00. The molecule has 0 saturated heterocycles. The third-order valence-electron chi connectivity index (χ3n) is 5.05. The van der Waals surface area contributed by atoms with E-state index in [9.17, 15) is 5.11 Å². The lowest BCUT2D eigenvalue weighted by Gasteiger charge is -2.29. The van der Waals surface area contributed by atoms with Crippen LogP contribution in [0.1, 0.15) is 30.8 Å². The predicted molar refractivity (Wildman–Crippen MR) is 112 cm³/mol. The molecule has 28 heavy (non-hydrogen) atoms. The van der Waals surface area contributed by atoms with Gasteiger partial charge in [0.1, 0.15) is 5.75 Å². The van der Waals surface area contributed by atoms with Gasteiger partial charge in [-0.2, -0.15) is 0 Å². The number of rotatable bonds is 6. The number of fused-ring (bicyclic) bond motifs is 1. The van der Waals surface area contributed by atoms with E-state index in [-0.39, 0.29) is 0 Å². The average molecular weight is 372 g/mol. The minimum atomic E-state index is -1.36. The summed E-state index contributed by atoms with van der Waals surface area (Å²) in [5.74, 6) is 1.41. The minimum Gasteiger partial charge on any atom is -0.494 e. The van der Waals surface area contributed by atoms with Gasteiger partial charge in [0.05, 0.1) is 17.6 Å². The van der Waals surface area contributed by atoms with E-state index in [1.165, 1.54) is 0 Å². The molecule has 0 fully saturated rings. The molecule has 0 aliphatic carbocycles. The average Bonchev–Trinajstić information content (AvgIpc) is 3.13. The van der Waals surface area contributed by atoms with E-state index in [2.05, 4.69) is 11.5 Å². The normalized spacial score (nSPS) is 11.7. The van der Waals surface area contributed by atoms with Gasteiger partial charge in [-0.3, -0.25) is 0 Å². The van der Waals surface area contributed by atoms with Gasteiger partial charge in [0.2, 0.25) is 0 Å². The highest BCUT2D eigenvalue weighted by molar-refractivity contribution is 5.78. The molecule has 142 valence electrons. The molecule has 1 aromatic heterocycles. The van der Waals surface area contributed by atoms with Crippen LogP contribution in [0.3, 0.4) is 0 Å². The summed E-state index contributed by atoms with van der Waals surface area (Å²) in [4.78, 5) is 4.87. The van der Waals surface area contributed by atoms with Crippen LogP contribution >= 0.6 is 0 Å². The SMILES string of the molecule is CCOc1ccc2nc(C(O)(c3ccccc3)c3ccccc3)n(CC)c2c1. The highest BCUT2D eigenvalue weighted by Gasteiger charge is 2.38. The maximum absolute atomic E-state index is 12.1. The number of hydrogen-bond acceptors (Lipinski definition) is 3. The van der Waals surface area contributed by atoms with Crippen LogP contribution in [0.15, 0.2) is 78.9 Å². The molecule has 0 bridgehead atoms. The van der Waals surface area contributed by atoms with E-state index < -0.39 is 5.60 Å². The number of hydrogen-bond donors (Lipinski definition) is 1.